The van der Waals surface area contributed by atoms with Gasteiger partial charge in [0.25, 0.3) is 0 Å². The first kappa shape index (κ1) is 14.8. The molecule has 2 atom stereocenters. The topological polar surface area (TPSA) is 91.4 Å². The molecule has 112 valence electrons. The maximum Gasteiger partial charge on any atom is 0.341 e. The Morgan fingerprint density at radius 3 is 2.20 bits per heavy atom. The molecular weight excluding hydrogens is 268 g/mol. The summed E-state index contributed by atoms with van der Waals surface area (Å²) in [6, 6.07) is 0. The number of carbonyl (C=O) groups is 3. The van der Waals surface area contributed by atoms with E-state index in [1.807, 2.05) is 0 Å². The Balaban J connectivity index is 2.37. The summed E-state index contributed by atoms with van der Waals surface area (Å²) in [6.07, 6.45) is -0.559. The maximum absolute atomic E-state index is 12.2. The Morgan fingerprint density at radius 2 is 1.75 bits per heavy atom. The molecular formula is C13H18O7. The van der Waals surface area contributed by atoms with Crippen LogP contribution in [0.2, 0.25) is 0 Å². The zero-order chi connectivity index (χ0) is 15.0. The number of rotatable bonds is 5. The van der Waals surface area contributed by atoms with Gasteiger partial charge in [-0.05, 0) is 20.3 Å². The molecule has 2 unspecified atom stereocenters. The van der Waals surface area contributed by atoms with Crippen molar-refractivity contribution in [1.29, 1.82) is 0 Å². The number of hydrogen-bond acceptors (Lipinski definition) is 7. The molecule has 20 heavy (non-hydrogen) atoms. The van der Waals surface area contributed by atoms with Crippen LogP contribution in [0.25, 0.3) is 0 Å². The van der Waals surface area contributed by atoms with Crippen LogP contribution < -0.4 is 0 Å². The van der Waals surface area contributed by atoms with Crippen molar-refractivity contribution in [2.24, 2.45) is 5.41 Å². The summed E-state index contributed by atoms with van der Waals surface area (Å²) in [5, 5.41) is 0. The molecule has 0 amide bonds. The predicted molar refractivity (Wildman–Crippen MR) is 64.6 cm³/mol. The number of epoxide rings is 1. The van der Waals surface area contributed by atoms with Crippen LogP contribution in [0.15, 0.2) is 0 Å². The van der Waals surface area contributed by atoms with Crippen LogP contribution in [0.4, 0.5) is 0 Å². The van der Waals surface area contributed by atoms with Gasteiger partial charge in [0.2, 0.25) is 5.41 Å². The molecule has 0 aliphatic carbocycles. The van der Waals surface area contributed by atoms with E-state index in [9.17, 15) is 14.4 Å². The second-order valence-corrected chi connectivity index (χ2v) is 4.73. The monoisotopic (exact) mass is 286 g/mol. The Bertz CT molecular complexity index is 426. The minimum Gasteiger partial charge on any atom is -0.465 e. The van der Waals surface area contributed by atoms with Gasteiger partial charge in [0.15, 0.2) is 5.60 Å². The highest BCUT2D eigenvalue weighted by Crippen LogP contribution is 2.54. The molecule has 2 fully saturated rings. The van der Waals surface area contributed by atoms with Crippen molar-refractivity contribution in [1.82, 2.24) is 0 Å². The van der Waals surface area contributed by atoms with E-state index in [4.69, 9.17) is 18.9 Å². The second kappa shape index (κ2) is 5.05. The number of carbonyl (C=O) groups excluding carboxylic acids is 3. The van der Waals surface area contributed by atoms with Crippen molar-refractivity contribution in [2.75, 3.05) is 19.8 Å². The average Bonchev–Trinajstić information content (AvgIpc) is 3.17. The lowest BCUT2D eigenvalue weighted by Gasteiger charge is -2.31. The van der Waals surface area contributed by atoms with E-state index in [-0.39, 0.29) is 13.2 Å². The van der Waals surface area contributed by atoms with E-state index < -0.39 is 41.6 Å². The summed E-state index contributed by atoms with van der Waals surface area (Å²) in [5.74, 6) is -2.09. The summed E-state index contributed by atoms with van der Waals surface area (Å²) in [4.78, 5) is 36.3. The molecule has 0 saturated carbocycles. The van der Waals surface area contributed by atoms with Crippen LogP contribution in [0, 0.1) is 5.41 Å². The lowest BCUT2D eigenvalue weighted by atomic mass is 9.77. The van der Waals surface area contributed by atoms with Crippen LogP contribution in [0.3, 0.4) is 0 Å². The first-order chi connectivity index (χ1) is 9.49. The molecule has 2 rings (SSSR count). The van der Waals surface area contributed by atoms with E-state index in [1.54, 1.807) is 20.8 Å². The average molecular weight is 286 g/mol. The van der Waals surface area contributed by atoms with Gasteiger partial charge in [-0.3, -0.25) is 9.59 Å². The highest BCUT2D eigenvalue weighted by Gasteiger charge is 2.79. The smallest absolute Gasteiger partial charge is 0.341 e. The van der Waals surface area contributed by atoms with Crippen molar-refractivity contribution >= 4 is 17.9 Å². The van der Waals surface area contributed by atoms with E-state index in [2.05, 4.69) is 0 Å². The summed E-state index contributed by atoms with van der Waals surface area (Å²) < 4.78 is 20.3. The van der Waals surface area contributed by atoms with Crippen molar-refractivity contribution in [3.05, 3.63) is 0 Å². The number of hydrogen-bond donors (Lipinski definition) is 0. The molecule has 0 aromatic carbocycles. The molecule has 0 radical (unpaired) electrons. The Hall–Kier alpha value is -1.63. The van der Waals surface area contributed by atoms with Crippen LogP contribution in [-0.4, -0.2) is 49.4 Å². The van der Waals surface area contributed by atoms with Gasteiger partial charge < -0.3 is 18.9 Å². The third-order valence-corrected chi connectivity index (χ3v) is 3.72. The van der Waals surface area contributed by atoms with Gasteiger partial charge in [0, 0.05) is 0 Å². The van der Waals surface area contributed by atoms with E-state index in [0.29, 0.717) is 6.42 Å². The number of fused-ring (bicyclic) bond motifs is 1. The maximum atomic E-state index is 12.2. The zero-order valence-electron chi connectivity index (χ0n) is 11.8. The van der Waals surface area contributed by atoms with Crippen LogP contribution >= 0.6 is 0 Å². The lowest BCUT2D eigenvalue weighted by molar-refractivity contribution is -0.183. The molecule has 0 aromatic heterocycles. The van der Waals surface area contributed by atoms with Gasteiger partial charge in [-0.25, -0.2) is 4.79 Å². The molecule has 7 nitrogen and oxygen atoms in total. The van der Waals surface area contributed by atoms with Crippen LogP contribution in [0.5, 0.6) is 0 Å². The highest BCUT2D eigenvalue weighted by molar-refractivity contribution is 6.05. The van der Waals surface area contributed by atoms with E-state index >= 15 is 0 Å². The minimum absolute atomic E-state index is 0.111. The summed E-state index contributed by atoms with van der Waals surface area (Å²) in [6.45, 7) is 4.81. The lowest BCUT2D eigenvalue weighted by Crippen LogP contribution is -2.57. The Morgan fingerprint density at radius 1 is 1.20 bits per heavy atom. The number of esters is 3. The quantitative estimate of drug-likeness (QED) is 0.308. The van der Waals surface area contributed by atoms with Gasteiger partial charge >= 0.3 is 17.9 Å². The van der Waals surface area contributed by atoms with Gasteiger partial charge in [0.05, 0.1) is 13.2 Å². The molecule has 2 aliphatic rings. The number of ether oxygens (including phenoxy) is 4. The Labute approximate surface area is 116 Å². The first-order valence-corrected chi connectivity index (χ1v) is 6.69. The highest BCUT2D eigenvalue weighted by atomic mass is 16.7. The molecule has 7 heteroatoms. The fraction of sp³-hybridized carbons (Fsp3) is 0.769. The van der Waals surface area contributed by atoms with Gasteiger partial charge in [-0.2, -0.15) is 0 Å². The summed E-state index contributed by atoms with van der Waals surface area (Å²) in [5.41, 5.74) is -2.94. The summed E-state index contributed by atoms with van der Waals surface area (Å²) >= 11 is 0. The van der Waals surface area contributed by atoms with Crippen LogP contribution in [-0.2, 0) is 33.3 Å². The van der Waals surface area contributed by atoms with Crippen molar-refractivity contribution in [3.63, 3.8) is 0 Å². The van der Waals surface area contributed by atoms with Crippen molar-refractivity contribution in [2.45, 2.75) is 38.9 Å². The second-order valence-electron chi connectivity index (χ2n) is 4.73. The molecule has 0 bridgehead atoms. The molecule has 0 N–H and O–H groups in total. The third kappa shape index (κ3) is 1.80. The SMILES string of the molecule is CCOC(=O)C1(C(=O)OCC)COC(=O)C2(CC)OC21. The fourth-order valence-corrected chi connectivity index (χ4v) is 2.56. The van der Waals surface area contributed by atoms with Gasteiger partial charge in [-0.15, -0.1) is 0 Å². The first-order valence-electron chi connectivity index (χ1n) is 6.69. The normalized spacial score (nSPS) is 29.9. The van der Waals surface area contributed by atoms with Crippen molar-refractivity contribution < 1.29 is 33.3 Å². The van der Waals surface area contributed by atoms with Gasteiger partial charge in [-0.1, -0.05) is 6.92 Å². The summed E-state index contributed by atoms with van der Waals surface area (Å²) in [7, 11) is 0. The molecule has 0 aromatic rings. The Kier molecular flexibility index (Phi) is 3.73. The third-order valence-electron chi connectivity index (χ3n) is 3.72. The molecule has 2 aliphatic heterocycles. The largest absolute Gasteiger partial charge is 0.465 e. The predicted octanol–water partition coefficient (Wildman–Crippen LogP) is 0.203. The van der Waals surface area contributed by atoms with Crippen LogP contribution in [0.1, 0.15) is 27.2 Å². The molecule has 0 spiro atoms. The van der Waals surface area contributed by atoms with Crippen molar-refractivity contribution in [3.8, 4) is 0 Å². The zero-order valence-corrected chi connectivity index (χ0v) is 11.8. The molecule has 2 saturated heterocycles. The minimum atomic E-state index is -1.71. The van der Waals surface area contributed by atoms with Gasteiger partial charge in [0.1, 0.15) is 12.7 Å². The van der Waals surface area contributed by atoms with E-state index in [1.165, 1.54) is 0 Å². The standard InChI is InChI=1S/C13H18O7/c1-4-13-8(20-13)12(7-19-11(13)16,9(14)17-5-2)10(15)18-6-3/h8H,4-7H2,1-3H3. The molecule has 2 heterocycles. The number of cyclic esters (lactones) is 1. The fourth-order valence-electron chi connectivity index (χ4n) is 2.56. The van der Waals surface area contributed by atoms with E-state index in [0.717, 1.165) is 0 Å².